The zero-order valence-corrected chi connectivity index (χ0v) is 16.0. The summed E-state index contributed by atoms with van der Waals surface area (Å²) < 4.78 is 57.9. The molecule has 1 heterocycles. The van der Waals surface area contributed by atoms with Crippen molar-refractivity contribution in [2.45, 2.75) is 52.8 Å². The van der Waals surface area contributed by atoms with Crippen molar-refractivity contribution < 1.29 is 27.1 Å². The second-order valence-electron chi connectivity index (χ2n) is 8.08. The van der Waals surface area contributed by atoms with E-state index in [0.717, 1.165) is 0 Å². The molecule has 0 spiro atoms. The summed E-state index contributed by atoms with van der Waals surface area (Å²) >= 11 is 0. The number of anilines is 2. The molecule has 1 saturated heterocycles. The normalized spacial score (nSPS) is 19.0. The summed E-state index contributed by atoms with van der Waals surface area (Å²) in [6, 6.07) is 2.91. The maximum absolute atomic E-state index is 14.6. The fraction of sp³-hybridized carbons (Fsp3) is 0.632. The first-order valence-electron chi connectivity index (χ1n) is 8.90. The molecule has 4 nitrogen and oxygen atoms in total. The molecule has 152 valence electrons. The van der Waals surface area contributed by atoms with Crippen molar-refractivity contribution in [2.24, 2.45) is 5.41 Å². The van der Waals surface area contributed by atoms with E-state index < -0.39 is 18.1 Å². The number of ether oxygens (including phenoxy) is 1. The Labute approximate surface area is 156 Å². The van der Waals surface area contributed by atoms with Gasteiger partial charge in [-0.1, -0.05) is 20.8 Å². The molecule has 1 amide bonds. The van der Waals surface area contributed by atoms with Crippen LogP contribution in [0.1, 0.15) is 39.2 Å². The number of carbonyl (C=O) groups is 1. The number of hydrogen-bond acceptors (Lipinski definition) is 3. The Morgan fingerprint density at radius 3 is 2.48 bits per heavy atom. The van der Waals surface area contributed by atoms with Crippen LogP contribution in [0.4, 0.5) is 28.9 Å². The van der Waals surface area contributed by atoms with Gasteiger partial charge >= 0.3 is 6.18 Å². The average molecular weight is 390 g/mol. The van der Waals surface area contributed by atoms with E-state index >= 15 is 0 Å². The molecule has 0 aromatic heterocycles. The van der Waals surface area contributed by atoms with Crippen LogP contribution in [-0.2, 0) is 9.53 Å². The van der Waals surface area contributed by atoms with Gasteiger partial charge in [0.25, 0.3) is 0 Å². The highest BCUT2D eigenvalue weighted by molar-refractivity contribution is 5.92. The number of hydrogen-bond donors (Lipinski definition) is 1. The molecule has 1 unspecified atom stereocenters. The van der Waals surface area contributed by atoms with Gasteiger partial charge in [0.1, 0.15) is 5.82 Å². The van der Waals surface area contributed by atoms with Gasteiger partial charge in [-0.05, 0) is 36.5 Å². The molecular weight excluding hydrogens is 364 g/mol. The van der Waals surface area contributed by atoms with Crippen molar-refractivity contribution in [2.75, 3.05) is 29.9 Å². The number of alkyl halides is 3. The third-order valence-corrected chi connectivity index (χ3v) is 4.30. The first-order valence-corrected chi connectivity index (χ1v) is 8.90. The molecule has 1 aromatic carbocycles. The Morgan fingerprint density at radius 2 is 1.93 bits per heavy atom. The van der Waals surface area contributed by atoms with E-state index in [0.29, 0.717) is 11.3 Å². The van der Waals surface area contributed by atoms with E-state index in [1.165, 1.54) is 6.07 Å². The molecule has 1 fully saturated rings. The molecular formula is C19H26F4N2O2. The lowest BCUT2D eigenvalue weighted by molar-refractivity contribution is -0.218. The maximum Gasteiger partial charge on any atom is 0.414 e. The van der Waals surface area contributed by atoms with Crippen molar-refractivity contribution in [3.63, 3.8) is 0 Å². The Kier molecular flexibility index (Phi) is 6.39. The molecule has 1 atom stereocenters. The minimum atomic E-state index is -4.40. The highest BCUT2D eigenvalue weighted by Crippen LogP contribution is 2.31. The summed E-state index contributed by atoms with van der Waals surface area (Å²) in [5.74, 6) is -0.891. The second kappa shape index (κ2) is 8.04. The zero-order chi connectivity index (χ0) is 20.4. The van der Waals surface area contributed by atoms with Crippen molar-refractivity contribution in [3.05, 3.63) is 23.5 Å². The number of benzene rings is 1. The van der Waals surface area contributed by atoms with Crippen LogP contribution in [0.3, 0.4) is 0 Å². The fourth-order valence-corrected chi connectivity index (χ4v) is 3.02. The second-order valence-corrected chi connectivity index (χ2v) is 8.08. The lowest BCUT2D eigenvalue weighted by atomic mass is 9.92. The van der Waals surface area contributed by atoms with E-state index in [9.17, 15) is 22.4 Å². The first-order chi connectivity index (χ1) is 12.4. The molecule has 0 radical (unpaired) electrons. The van der Waals surface area contributed by atoms with Crippen LogP contribution in [0.2, 0.25) is 0 Å². The minimum Gasteiger partial charge on any atom is -0.369 e. The Morgan fingerprint density at radius 1 is 1.26 bits per heavy atom. The number of amides is 1. The monoisotopic (exact) mass is 390 g/mol. The largest absolute Gasteiger partial charge is 0.414 e. The lowest BCUT2D eigenvalue weighted by Crippen LogP contribution is -2.32. The van der Waals surface area contributed by atoms with Gasteiger partial charge < -0.3 is 15.0 Å². The van der Waals surface area contributed by atoms with Crippen LogP contribution in [0.15, 0.2) is 12.1 Å². The summed E-state index contributed by atoms with van der Waals surface area (Å²) in [5, 5.41) is 2.60. The predicted octanol–water partition coefficient (Wildman–Crippen LogP) is 4.67. The SMILES string of the molecule is Cc1cc(N2CCOC(C(F)(F)F)CC2)cc(F)c1NC(=O)CC(C)(C)C. The number of carbonyl (C=O) groups excluding carboxylic acids is 1. The number of rotatable bonds is 3. The molecule has 1 aliphatic rings. The van der Waals surface area contributed by atoms with E-state index in [1.807, 2.05) is 20.8 Å². The third-order valence-electron chi connectivity index (χ3n) is 4.30. The Hall–Kier alpha value is -1.83. The molecule has 2 rings (SSSR count). The van der Waals surface area contributed by atoms with Gasteiger partial charge in [-0.25, -0.2) is 4.39 Å². The first kappa shape index (κ1) is 21.5. The minimum absolute atomic E-state index is 0.0884. The van der Waals surface area contributed by atoms with Crippen LogP contribution in [0.25, 0.3) is 0 Å². The fourth-order valence-electron chi connectivity index (χ4n) is 3.02. The molecule has 27 heavy (non-hydrogen) atoms. The summed E-state index contributed by atoms with van der Waals surface area (Å²) in [4.78, 5) is 13.8. The predicted molar refractivity (Wildman–Crippen MR) is 96.5 cm³/mol. The molecule has 1 aliphatic heterocycles. The third kappa shape index (κ3) is 6.09. The van der Waals surface area contributed by atoms with Crippen LogP contribution in [-0.4, -0.2) is 37.9 Å². The number of nitrogens with zero attached hydrogens (tertiary/aromatic N) is 1. The highest BCUT2D eigenvalue weighted by atomic mass is 19.4. The van der Waals surface area contributed by atoms with Gasteiger partial charge in [0, 0.05) is 25.2 Å². The number of aryl methyl sites for hydroxylation is 1. The van der Waals surface area contributed by atoms with E-state index in [-0.39, 0.29) is 49.5 Å². The van der Waals surface area contributed by atoms with Crippen LogP contribution >= 0.6 is 0 Å². The summed E-state index contributed by atoms with van der Waals surface area (Å²) in [6.07, 6.45) is -6.17. The summed E-state index contributed by atoms with van der Waals surface area (Å²) in [6.45, 7) is 7.65. The van der Waals surface area contributed by atoms with Gasteiger partial charge in [0.2, 0.25) is 5.91 Å². The number of halogens is 4. The van der Waals surface area contributed by atoms with E-state index in [2.05, 4.69) is 5.32 Å². The summed E-state index contributed by atoms with van der Waals surface area (Å²) in [7, 11) is 0. The smallest absolute Gasteiger partial charge is 0.369 e. The number of nitrogens with one attached hydrogen (secondary N) is 1. The van der Waals surface area contributed by atoms with Crippen molar-refractivity contribution in [3.8, 4) is 0 Å². The standard InChI is InChI=1S/C19H26F4N2O2/c1-12-9-13(25-6-5-15(19(21,22)23)27-8-7-25)10-14(20)17(12)24-16(26)11-18(2,3)4/h9-10,15H,5-8,11H2,1-4H3,(H,24,26). The van der Waals surface area contributed by atoms with Gasteiger partial charge in [-0.3, -0.25) is 4.79 Å². The molecule has 8 heteroatoms. The summed E-state index contributed by atoms with van der Waals surface area (Å²) in [5.41, 5.74) is 0.873. The lowest BCUT2D eigenvalue weighted by Gasteiger charge is -2.24. The van der Waals surface area contributed by atoms with Gasteiger partial charge in [0.05, 0.1) is 12.3 Å². The quantitative estimate of drug-likeness (QED) is 0.763. The van der Waals surface area contributed by atoms with Crippen LogP contribution in [0, 0.1) is 18.2 Å². The van der Waals surface area contributed by atoms with Gasteiger partial charge in [0.15, 0.2) is 6.10 Å². The van der Waals surface area contributed by atoms with Crippen LogP contribution in [0.5, 0.6) is 0 Å². The van der Waals surface area contributed by atoms with E-state index in [4.69, 9.17) is 4.74 Å². The topological polar surface area (TPSA) is 41.6 Å². The molecule has 0 bridgehead atoms. The van der Waals surface area contributed by atoms with Crippen molar-refractivity contribution >= 4 is 17.3 Å². The zero-order valence-electron chi connectivity index (χ0n) is 16.0. The Balaban J connectivity index is 2.13. The van der Waals surface area contributed by atoms with Gasteiger partial charge in [-0.2, -0.15) is 13.2 Å². The molecule has 1 N–H and O–H groups in total. The van der Waals surface area contributed by atoms with Crippen molar-refractivity contribution in [1.82, 2.24) is 0 Å². The molecule has 0 saturated carbocycles. The molecule has 1 aromatic rings. The maximum atomic E-state index is 14.6. The van der Waals surface area contributed by atoms with E-state index in [1.54, 1.807) is 17.9 Å². The highest BCUT2D eigenvalue weighted by Gasteiger charge is 2.41. The Bertz CT molecular complexity index is 660. The molecule has 0 aliphatic carbocycles. The van der Waals surface area contributed by atoms with Crippen molar-refractivity contribution in [1.29, 1.82) is 0 Å². The van der Waals surface area contributed by atoms with Gasteiger partial charge in [-0.15, -0.1) is 0 Å². The average Bonchev–Trinajstić information content (AvgIpc) is 2.74. The van der Waals surface area contributed by atoms with Crippen LogP contribution < -0.4 is 10.2 Å².